The molecule has 0 spiro atoms. The molecule has 1 fully saturated rings. The number of carbonyl (C=O) groups excluding carboxylic acids is 1. The van der Waals surface area contributed by atoms with Crippen molar-refractivity contribution in [1.82, 2.24) is 24.1 Å². The Labute approximate surface area is 195 Å². The lowest BCUT2D eigenvalue weighted by molar-refractivity contribution is 0.0990. The van der Waals surface area contributed by atoms with Gasteiger partial charge < -0.3 is 14.7 Å². The molecule has 0 unspecified atom stereocenters. The number of nitrogens with zero attached hydrogens (tertiary/aromatic N) is 5. The molecule has 4 aromatic heterocycles. The van der Waals surface area contributed by atoms with Crippen LogP contribution in [0, 0.1) is 0 Å². The number of hydrogen-bond acceptors (Lipinski definition) is 4. The summed E-state index contributed by atoms with van der Waals surface area (Å²) in [6.45, 7) is 0. The zero-order chi connectivity index (χ0) is 23.1. The lowest BCUT2D eigenvalue weighted by atomic mass is 9.93. The van der Waals surface area contributed by atoms with E-state index in [0.717, 1.165) is 47.8 Å². The normalized spacial score (nSPS) is 19.1. The molecule has 1 aliphatic rings. The standard InChI is InChI=1S/C26H24N6O2/c33-20-9-7-19(8-10-20)32-22-6-2-1-5-21(22)29-26(32)30-25(34)18-11-14-27-23(16-18)31-15-12-17-4-3-13-28-24(17)31/h1-6,11-16,19-20,33H,7-10H2,(H,29,30,34)/t19-,20+. The number of nitrogens with one attached hydrogen (secondary N) is 1. The fourth-order valence-corrected chi connectivity index (χ4v) is 4.85. The average molecular weight is 453 g/mol. The number of aromatic amines is 1. The van der Waals surface area contributed by atoms with Crippen molar-refractivity contribution >= 4 is 28.0 Å². The molecule has 0 aliphatic heterocycles. The van der Waals surface area contributed by atoms with Crippen LogP contribution >= 0.6 is 0 Å². The van der Waals surface area contributed by atoms with Crippen molar-refractivity contribution < 1.29 is 9.90 Å². The van der Waals surface area contributed by atoms with E-state index < -0.39 is 0 Å². The molecular weight excluding hydrogens is 428 g/mol. The summed E-state index contributed by atoms with van der Waals surface area (Å²) < 4.78 is 3.98. The van der Waals surface area contributed by atoms with E-state index in [2.05, 4.69) is 24.5 Å². The van der Waals surface area contributed by atoms with Crippen LogP contribution in [-0.2, 0) is 0 Å². The summed E-state index contributed by atoms with van der Waals surface area (Å²) in [5, 5.41) is 11.0. The molecule has 2 N–H and O–H groups in total. The topological polar surface area (TPSA) is 101 Å². The number of pyridine rings is 2. The van der Waals surface area contributed by atoms with Gasteiger partial charge in [-0.15, -0.1) is 0 Å². The second-order valence-electron chi connectivity index (χ2n) is 8.72. The van der Waals surface area contributed by atoms with E-state index in [1.807, 2.05) is 53.2 Å². The number of carbonyl (C=O) groups is 1. The van der Waals surface area contributed by atoms with Crippen LogP contribution in [-0.4, -0.2) is 41.2 Å². The van der Waals surface area contributed by atoms with Gasteiger partial charge in [-0.1, -0.05) is 12.1 Å². The molecule has 0 radical (unpaired) electrons. The highest BCUT2D eigenvalue weighted by Crippen LogP contribution is 2.29. The lowest BCUT2D eigenvalue weighted by Gasteiger charge is -2.27. The van der Waals surface area contributed by atoms with Crippen LogP contribution in [0.1, 0.15) is 42.1 Å². The minimum atomic E-state index is -0.343. The Balaban J connectivity index is 1.41. The van der Waals surface area contributed by atoms with Gasteiger partial charge in [-0.2, -0.15) is 4.99 Å². The van der Waals surface area contributed by atoms with E-state index in [9.17, 15) is 9.90 Å². The highest BCUT2D eigenvalue weighted by atomic mass is 16.3. The first-order valence-corrected chi connectivity index (χ1v) is 11.5. The minimum absolute atomic E-state index is 0.177. The van der Waals surface area contributed by atoms with Crippen LogP contribution in [0.25, 0.3) is 27.9 Å². The van der Waals surface area contributed by atoms with Crippen LogP contribution in [0.4, 0.5) is 0 Å². The van der Waals surface area contributed by atoms with Crippen molar-refractivity contribution in [2.45, 2.75) is 37.8 Å². The van der Waals surface area contributed by atoms with Gasteiger partial charge in [0.2, 0.25) is 5.62 Å². The molecule has 5 aromatic rings. The van der Waals surface area contributed by atoms with Crippen molar-refractivity contribution in [1.29, 1.82) is 0 Å². The number of imidazole rings is 1. The fourth-order valence-electron chi connectivity index (χ4n) is 4.85. The first-order chi connectivity index (χ1) is 16.7. The quantitative estimate of drug-likeness (QED) is 0.433. The number of hydrogen-bond donors (Lipinski definition) is 2. The maximum atomic E-state index is 13.3. The second-order valence-corrected chi connectivity index (χ2v) is 8.72. The van der Waals surface area contributed by atoms with E-state index in [4.69, 9.17) is 0 Å². The van der Waals surface area contributed by atoms with Crippen LogP contribution < -0.4 is 5.62 Å². The number of fused-ring (bicyclic) bond motifs is 2. The maximum Gasteiger partial charge on any atom is 0.280 e. The largest absolute Gasteiger partial charge is 0.393 e. The first-order valence-electron chi connectivity index (χ1n) is 11.5. The molecule has 34 heavy (non-hydrogen) atoms. The smallest absolute Gasteiger partial charge is 0.280 e. The third kappa shape index (κ3) is 3.62. The molecule has 1 saturated carbocycles. The van der Waals surface area contributed by atoms with Crippen molar-refractivity contribution in [3.8, 4) is 5.82 Å². The Kier molecular flexibility index (Phi) is 5.07. The molecule has 6 rings (SSSR count). The summed E-state index contributed by atoms with van der Waals surface area (Å²) in [5.41, 5.74) is 3.70. The number of aromatic nitrogens is 5. The van der Waals surface area contributed by atoms with Crippen molar-refractivity contribution in [3.63, 3.8) is 0 Å². The van der Waals surface area contributed by atoms with E-state index in [1.54, 1.807) is 24.5 Å². The van der Waals surface area contributed by atoms with Gasteiger partial charge in [0.25, 0.3) is 5.91 Å². The number of aliphatic hydroxyl groups is 1. The summed E-state index contributed by atoms with van der Waals surface area (Å²) in [6, 6.07) is 17.4. The fraction of sp³-hybridized carbons (Fsp3) is 0.231. The third-order valence-corrected chi connectivity index (χ3v) is 6.56. The molecule has 170 valence electrons. The van der Waals surface area contributed by atoms with Crippen LogP contribution in [0.5, 0.6) is 0 Å². The SMILES string of the molecule is O=C(/N=c1\[nH]c2ccccc2n1[C@H]1CC[C@@H](O)CC1)c1ccnc(-n2ccc3cccnc32)c1. The highest BCUT2D eigenvalue weighted by Gasteiger charge is 2.23. The number of H-pyrrole nitrogens is 1. The van der Waals surface area contributed by atoms with E-state index >= 15 is 0 Å². The molecular formula is C26H24N6O2. The first kappa shape index (κ1) is 20.6. The molecule has 4 heterocycles. The Hall–Kier alpha value is -4.04. The third-order valence-electron chi connectivity index (χ3n) is 6.56. The van der Waals surface area contributed by atoms with Gasteiger partial charge in [0, 0.05) is 35.6 Å². The van der Waals surface area contributed by atoms with Gasteiger partial charge in [-0.25, -0.2) is 9.97 Å². The van der Waals surface area contributed by atoms with E-state index in [0.29, 0.717) is 17.0 Å². The number of aliphatic hydroxyl groups excluding tert-OH is 1. The molecule has 1 aromatic carbocycles. The zero-order valence-electron chi connectivity index (χ0n) is 18.5. The Morgan fingerprint density at radius 3 is 2.74 bits per heavy atom. The molecule has 1 amide bonds. The van der Waals surface area contributed by atoms with Crippen molar-refractivity contribution in [2.24, 2.45) is 4.99 Å². The summed E-state index contributed by atoms with van der Waals surface area (Å²) in [5.74, 6) is 0.268. The monoisotopic (exact) mass is 452 g/mol. The summed E-state index contributed by atoms with van der Waals surface area (Å²) in [7, 11) is 0. The Morgan fingerprint density at radius 2 is 1.85 bits per heavy atom. The van der Waals surface area contributed by atoms with Crippen LogP contribution in [0.2, 0.25) is 0 Å². The number of rotatable bonds is 3. The predicted octanol–water partition coefficient (Wildman–Crippen LogP) is 3.92. The van der Waals surface area contributed by atoms with Gasteiger partial charge in [0.05, 0.1) is 17.1 Å². The second kappa shape index (κ2) is 8.39. The molecule has 0 bridgehead atoms. The van der Waals surface area contributed by atoms with Crippen LogP contribution in [0.3, 0.4) is 0 Å². The van der Waals surface area contributed by atoms with Gasteiger partial charge in [0.15, 0.2) is 0 Å². The van der Waals surface area contributed by atoms with Gasteiger partial charge in [-0.3, -0.25) is 9.36 Å². The molecule has 8 heteroatoms. The summed E-state index contributed by atoms with van der Waals surface area (Å²) in [6.07, 6.45) is 8.19. The minimum Gasteiger partial charge on any atom is -0.393 e. The average Bonchev–Trinajstić information content (AvgIpc) is 3.46. The van der Waals surface area contributed by atoms with Gasteiger partial charge in [-0.05, 0) is 68.1 Å². The Bertz CT molecular complexity index is 1570. The zero-order valence-corrected chi connectivity index (χ0v) is 18.5. The molecule has 8 nitrogen and oxygen atoms in total. The lowest BCUT2D eigenvalue weighted by Crippen LogP contribution is -2.29. The van der Waals surface area contributed by atoms with E-state index in [-0.39, 0.29) is 18.1 Å². The summed E-state index contributed by atoms with van der Waals surface area (Å²) >= 11 is 0. The molecule has 1 aliphatic carbocycles. The number of para-hydroxylation sites is 2. The Morgan fingerprint density at radius 1 is 1.00 bits per heavy atom. The van der Waals surface area contributed by atoms with Crippen molar-refractivity contribution in [2.75, 3.05) is 0 Å². The molecule has 0 saturated heterocycles. The van der Waals surface area contributed by atoms with E-state index in [1.165, 1.54) is 0 Å². The number of benzene rings is 1. The van der Waals surface area contributed by atoms with Gasteiger partial charge >= 0.3 is 0 Å². The predicted molar refractivity (Wildman–Crippen MR) is 129 cm³/mol. The number of amides is 1. The maximum absolute atomic E-state index is 13.3. The molecule has 0 atom stereocenters. The van der Waals surface area contributed by atoms with Crippen LogP contribution in [0.15, 0.2) is 78.2 Å². The van der Waals surface area contributed by atoms with Crippen molar-refractivity contribution in [3.05, 3.63) is 84.4 Å². The van der Waals surface area contributed by atoms with Gasteiger partial charge in [0.1, 0.15) is 11.5 Å². The highest BCUT2D eigenvalue weighted by molar-refractivity contribution is 5.95. The summed E-state index contributed by atoms with van der Waals surface area (Å²) in [4.78, 5) is 30.0.